The second-order valence-electron chi connectivity index (χ2n) is 5.83. The van der Waals surface area contributed by atoms with Gasteiger partial charge in [0.1, 0.15) is 0 Å². The van der Waals surface area contributed by atoms with E-state index >= 15 is 0 Å². The maximum Gasteiger partial charge on any atom is 0.227 e. The van der Waals surface area contributed by atoms with Gasteiger partial charge in [0.15, 0.2) is 11.5 Å². The number of phenolic OH excluding ortho intramolecular Hbond substituents is 2. The largest absolute Gasteiger partial charge is 0.504 e. The van der Waals surface area contributed by atoms with Crippen molar-refractivity contribution in [3.63, 3.8) is 0 Å². The number of carbonyl (C=O) groups is 1. The molecule has 24 heavy (non-hydrogen) atoms. The molecule has 3 rings (SSSR count). The Bertz CT molecular complexity index is 904. The van der Waals surface area contributed by atoms with Crippen molar-refractivity contribution in [3.05, 3.63) is 47.0 Å². The first kappa shape index (κ1) is 16.3. The molecule has 6 heteroatoms. The van der Waals surface area contributed by atoms with Gasteiger partial charge in [-0.3, -0.25) is 4.79 Å². The van der Waals surface area contributed by atoms with Crippen molar-refractivity contribution in [2.75, 3.05) is 5.32 Å². The van der Waals surface area contributed by atoms with E-state index in [1.807, 2.05) is 32.0 Å². The van der Waals surface area contributed by atoms with Crippen LogP contribution in [0, 0.1) is 12.8 Å². The molecule has 0 radical (unpaired) electrons. The number of aromatic nitrogens is 1. The number of rotatable bonds is 4. The fraction of sp³-hybridized carbons (Fsp3) is 0.222. The van der Waals surface area contributed by atoms with Crippen molar-refractivity contribution < 1.29 is 15.0 Å². The third-order valence-electron chi connectivity index (χ3n) is 3.79. The Hall–Kier alpha value is -2.60. The average Bonchev–Trinajstić information content (AvgIpc) is 2.90. The summed E-state index contributed by atoms with van der Waals surface area (Å²) in [7, 11) is 0. The highest BCUT2D eigenvalue weighted by atomic mass is 32.1. The summed E-state index contributed by atoms with van der Waals surface area (Å²) in [6.45, 7) is 3.78. The number of carbonyl (C=O) groups excluding carboxylic acids is 1. The van der Waals surface area contributed by atoms with Gasteiger partial charge < -0.3 is 15.5 Å². The van der Waals surface area contributed by atoms with E-state index in [-0.39, 0.29) is 23.3 Å². The van der Waals surface area contributed by atoms with Crippen LogP contribution in [0.25, 0.3) is 10.2 Å². The molecular weight excluding hydrogens is 324 g/mol. The number of amides is 1. The number of anilines is 1. The second kappa shape index (κ2) is 6.49. The van der Waals surface area contributed by atoms with E-state index < -0.39 is 0 Å². The van der Waals surface area contributed by atoms with Gasteiger partial charge in [0.25, 0.3) is 0 Å². The highest BCUT2D eigenvalue weighted by Gasteiger charge is 2.15. The van der Waals surface area contributed by atoms with Crippen molar-refractivity contribution in [1.82, 2.24) is 4.98 Å². The maximum atomic E-state index is 12.4. The van der Waals surface area contributed by atoms with Crippen LogP contribution in [0.4, 0.5) is 5.69 Å². The Morgan fingerprint density at radius 1 is 1.21 bits per heavy atom. The van der Waals surface area contributed by atoms with Crippen LogP contribution >= 0.6 is 11.3 Å². The van der Waals surface area contributed by atoms with E-state index in [0.717, 1.165) is 26.5 Å². The number of nitrogens with zero attached hydrogens (tertiary/aromatic N) is 1. The molecule has 3 aromatic rings. The summed E-state index contributed by atoms with van der Waals surface area (Å²) in [5, 5.41) is 22.8. The molecule has 1 atom stereocenters. The van der Waals surface area contributed by atoms with Crippen molar-refractivity contribution in [2.45, 2.75) is 20.3 Å². The highest BCUT2D eigenvalue weighted by molar-refractivity contribution is 7.18. The molecule has 5 nitrogen and oxygen atoms in total. The van der Waals surface area contributed by atoms with Gasteiger partial charge in [0, 0.05) is 11.6 Å². The van der Waals surface area contributed by atoms with Crippen LogP contribution in [0.3, 0.4) is 0 Å². The predicted molar refractivity (Wildman–Crippen MR) is 95.6 cm³/mol. The van der Waals surface area contributed by atoms with Gasteiger partial charge in [-0.05, 0) is 49.2 Å². The molecule has 1 unspecified atom stereocenters. The van der Waals surface area contributed by atoms with E-state index in [0.29, 0.717) is 6.42 Å². The van der Waals surface area contributed by atoms with Crippen molar-refractivity contribution in [2.24, 2.45) is 5.92 Å². The summed E-state index contributed by atoms with van der Waals surface area (Å²) < 4.78 is 1.10. The van der Waals surface area contributed by atoms with Crippen LogP contribution in [0.2, 0.25) is 0 Å². The van der Waals surface area contributed by atoms with Gasteiger partial charge in [0.05, 0.1) is 15.2 Å². The van der Waals surface area contributed by atoms with Crippen LogP contribution < -0.4 is 5.32 Å². The van der Waals surface area contributed by atoms with Gasteiger partial charge in [0.2, 0.25) is 5.91 Å². The summed E-state index contributed by atoms with van der Waals surface area (Å²) in [4.78, 5) is 16.8. The minimum Gasteiger partial charge on any atom is -0.504 e. The maximum absolute atomic E-state index is 12.4. The molecule has 0 spiro atoms. The predicted octanol–water partition coefficient (Wildman–Crippen LogP) is 3.83. The monoisotopic (exact) mass is 342 g/mol. The van der Waals surface area contributed by atoms with Crippen molar-refractivity contribution >= 4 is 33.1 Å². The number of thiazole rings is 1. The topological polar surface area (TPSA) is 82.5 Å². The van der Waals surface area contributed by atoms with E-state index in [4.69, 9.17) is 0 Å². The van der Waals surface area contributed by atoms with Crippen molar-refractivity contribution in [3.8, 4) is 11.5 Å². The van der Waals surface area contributed by atoms with Crippen LogP contribution in [0.15, 0.2) is 36.4 Å². The molecular formula is C18H18N2O3S. The number of fused-ring (bicyclic) bond motifs is 1. The van der Waals surface area contributed by atoms with E-state index in [2.05, 4.69) is 10.3 Å². The van der Waals surface area contributed by atoms with E-state index in [9.17, 15) is 15.0 Å². The molecule has 0 aliphatic heterocycles. The Balaban J connectivity index is 1.69. The zero-order chi connectivity index (χ0) is 17.3. The fourth-order valence-corrected chi connectivity index (χ4v) is 3.34. The molecule has 0 aliphatic rings. The zero-order valence-corrected chi connectivity index (χ0v) is 14.2. The molecule has 1 amide bonds. The van der Waals surface area contributed by atoms with Crippen molar-refractivity contribution in [1.29, 1.82) is 0 Å². The lowest BCUT2D eigenvalue weighted by molar-refractivity contribution is -0.119. The third kappa shape index (κ3) is 3.49. The minimum absolute atomic E-state index is 0.103. The van der Waals surface area contributed by atoms with Gasteiger partial charge in [-0.15, -0.1) is 11.3 Å². The Morgan fingerprint density at radius 2 is 2.00 bits per heavy atom. The van der Waals surface area contributed by atoms with Gasteiger partial charge in [-0.25, -0.2) is 4.98 Å². The van der Waals surface area contributed by atoms with Crippen LogP contribution in [-0.2, 0) is 11.2 Å². The Labute approximate surface area is 143 Å². The molecule has 0 aliphatic carbocycles. The van der Waals surface area contributed by atoms with E-state index in [1.165, 1.54) is 12.1 Å². The molecule has 124 valence electrons. The Morgan fingerprint density at radius 3 is 2.75 bits per heavy atom. The number of nitrogens with one attached hydrogen (secondary N) is 1. The number of aromatic hydroxyl groups is 2. The Kier molecular flexibility index (Phi) is 4.40. The first-order valence-electron chi connectivity index (χ1n) is 7.61. The number of hydrogen-bond donors (Lipinski definition) is 3. The molecule has 0 fully saturated rings. The average molecular weight is 342 g/mol. The molecule has 0 saturated heterocycles. The lowest BCUT2D eigenvalue weighted by atomic mass is 10.00. The van der Waals surface area contributed by atoms with Gasteiger partial charge >= 0.3 is 0 Å². The standard InChI is InChI=1S/C18H18N2O3S/c1-10(7-12-3-5-15(21)16(22)8-12)18(23)20-13-4-6-17-14(9-13)19-11(2)24-17/h3-6,8-10,21-22H,7H2,1-2H3,(H,20,23). The summed E-state index contributed by atoms with van der Waals surface area (Å²) >= 11 is 1.62. The number of aryl methyl sites for hydroxylation is 1. The lowest BCUT2D eigenvalue weighted by Crippen LogP contribution is -2.22. The van der Waals surface area contributed by atoms with Crippen LogP contribution in [0.1, 0.15) is 17.5 Å². The first-order chi connectivity index (χ1) is 11.4. The second-order valence-corrected chi connectivity index (χ2v) is 7.07. The molecule has 1 aromatic heterocycles. The lowest BCUT2D eigenvalue weighted by Gasteiger charge is -2.13. The minimum atomic E-state index is -0.276. The molecule has 0 saturated carbocycles. The molecule has 2 aromatic carbocycles. The zero-order valence-electron chi connectivity index (χ0n) is 13.4. The van der Waals surface area contributed by atoms with Crippen LogP contribution in [0.5, 0.6) is 11.5 Å². The SMILES string of the molecule is Cc1nc2cc(NC(=O)C(C)Cc3ccc(O)c(O)c3)ccc2s1. The third-order valence-corrected chi connectivity index (χ3v) is 4.74. The van der Waals surface area contributed by atoms with Crippen LogP contribution in [-0.4, -0.2) is 21.1 Å². The summed E-state index contributed by atoms with van der Waals surface area (Å²) in [5.74, 6) is -0.720. The number of hydrogen-bond acceptors (Lipinski definition) is 5. The summed E-state index contributed by atoms with van der Waals surface area (Å²) in [5.41, 5.74) is 2.39. The van der Waals surface area contributed by atoms with Gasteiger partial charge in [-0.2, -0.15) is 0 Å². The smallest absolute Gasteiger partial charge is 0.227 e. The first-order valence-corrected chi connectivity index (χ1v) is 8.43. The number of benzene rings is 2. The quantitative estimate of drug-likeness (QED) is 0.629. The molecule has 0 bridgehead atoms. The molecule has 3 N–H and O–H groups in total. The normalized spacial score (nSPS) is 12.2. The highest BCUT2D eigenvalue weighted by Crippen LogP contribution is 2.27. The summed E-state index contributed by atoms with van der Waals surface area (Å²) in [6.07, 6.45) is 0.470. The van der Waals surface area contributed by atoms with E-state index in [1.54, 1.807) is 17.4 Å². The van der Waals surface area contributed by atoms with Gasteiger partial charge in [-0.1, -0.05) is 13.0 Å². The summed E-state index contributed by atoms with van der Waals surface area (Å²) in [6, 6.07) is 10.3. The fourth-order valence-electron chi connectivity index (χ4n) is 2.53. The molecule has 1 heterocycles. The number of phenols is 2.